The summed E-state index contributed by atoms with van der Waals surface area (Å²) in [5, 5.41) is 2.96. The molecule has 0 radical (unpaired) electrons. The summed E-state index contributed by atoms with van der Waals surface area (Å²) in [5.41, 5.74) is 0.325. The van der Waals surface area contributed by atoms with E-state index in [1.165, 1.54) is 12.1 Å². The summed E-state index contributed by atoms with van der Waals surface area (Å²) < 4.78 is 26.7. The number of carbonyl (C=O) groups is 2. The predicted molar refractivity (Wildman–Crippen MR) is 93.2 cm³/mol. The molecule has 0 bridgehead atoms. The zero-order chi connectivity index (χ0) is 18.9. The topological polar surface area (TPSA) is 52.7 Å². The molecule has 7 heteroatoms. The Morgan fingerprint density at radius 3 is 2.42 bits per heavy atom. The van der Waals surface area contributed by atoms with Crippen LogP contribution in [0.15, 0.2) is 18.2 Å². The third-order valence-corrected chi connectivity index (χ3v) is 5.64. The number of benzene rings is 1. The van der Waals surface area contributed by atoms with Gasteiger partial charge in [0, 0.05) is 44.1 Å². The number of halogens is 2. The van der Waals surface area contributed by atoms with Gasteiger partial charge in [-0.15, -0.1) is 0 Å². The molecule has 3 rings (SSSR count). The van der Waals surface area contributed by atoms with Crippen molar-refractivity contribution >= 4 is 11.8 Å². The van der Waals surface area contributed by atoms with Gasteiger partial charge in [-0.1, -0.05) is 0 Å². The Labute approximate surface area is 152 Å². The number of nitrogens with zero attached hydrogens (tertiary/aromatic N) is 2. The van der Waals surface area contributed by atoms with Crippen LogP contribution in [0.1, 0.15) is 31.7 Å². The molecule has 142 valence electrons. The van der Waals surface area contributed by atoms with E-state index in [-0.39, 0.29) is 29.8 Å². The molecule has 1 spiro atoms. The Balaban J connectivity index is 1.62. The molecule has 1 atom stereocenters. The molecule has 1 unspecified atom stereocenters. The van der Waals surface area contributed by atoms with Gasteiger partial charge in [0.25, 0.3) is 0 Å². The van der Waals surface area contributed by atoms with Crippen molar-refractivity contribution in [2.45, 2.75) is 38.8 Å². The van der Waals surface area contributed by atoms with Gasteiger partial charge in [-0.2, -0.15) is 0 Å². The van der Waals surface area contributed by atoms with Crippen molar-refractivity contribution in [3.63, 3.8) is 0 Å². The molecular formula is C19H25F2N3O2. The molecule has 2 heterocycles. The van der Waals surface area contributed by atoms with Gasteiger partial charge >= 0.3 is 0 Å². The smallest absolute Gasteiger partial charge is 0.239 e. The van der Waals surface area contributed by atoms with Gasteiger partial charge < -0.3 is 15.1 Å². The number of rotatable bonds is 4. The molecule has 2 aliphatic heterocycles. The number of amides is 2. The highest BCUT2D eigenvalue weighted by Gasteiger charge is 2.45. The second kappa shape index (κ2) is 7.31. The fraction of sp³-hybridized carbons (Fsp3) is 0.579. The third-order valence-electron chi connectivity index (χ3n) is 5.64. The minimum Gasteiger partial charge on any atom is -0.341 e. The van der Waals surface area contributed by atoms with E-state index in [0.29, 0.717) is 31.6 Å². The Hall–Kier alpha value is -2.02. The third kappa shape index (κ3) is 3.87. The number of hydrogen-bond donors (Lipinski definition) is 1. The molecule has 1 aromatic rings. The van der Waals surface area contributed by atoms with Crippen LogP contribution in [0.4, 0.5) is 8.78 Å². The SMILES string of the molecule is CNC(C)C(=O)N1CCC2(CC1)CC(=O)N(Cc1cc(F)cc(F)c1)C2. The zero-order valence-corrected chi connectivity index (χ0v) is 15.2. The maximum Gasteiger partial charge on any atom is 0.239 e. The number of piperidine rings is 1. The van der Waals surface area contributed by atoms with Crippen molar-refractivity contribution in [2.75, 3.05) is 26.7 Å². The first kappa shape index (κ1) is 18.8. The monoisotopic (exact) mass is 365 g/mol. The van der Waals surface area contributed by atoms with E-state index in [1.807, 2.05) is 11.8 Å². The molecule has 2 amide bonds. The van der Waals surface area contributed by atoms with Crippen molar-refractivity contribution in [2.24, 2.45) is 5.41 Å². The van der Waals surface area contributed by atoms with Gasteiger partial charge in [0.2, 0.25) is 11.8 Å². The van der Waals surface area contributed by atoms with Crippen LogP contribution in [0.3, 0.4) is 0 Å². The van der Waals surface area contributed by atoms with Crippen LogP contribution >= 0.6 is 0 Å². The molecular weight excluding hydrogens is 340 g/mol. The molecule has 26 heavy (non-hydrogen) atoms. The molecule has 1 N–H and O–H groups in total. The maximum absolute atomic E-state index is 13.4. The second-order valence-corrected chi connectivity index (χ2v) is 7.54. The van der Waals surface area contributed by atoms with Crippen molar-refractivity contribution in [1.29, 1.82) is 0 Å². The lowest BCUT2D eigenvalue weighted by molar-refractivity contribution is -0.135. The fourth-order valence-electron chi connectivity index (χ4n) is 3.98. The van der Waals surface area contributed by atoms with Crippen LogP contribution in [0, 0.1) is 17.0 Å². The standard InChI is InChI=1S/C19H25F2N3O2/c1-13(22-2)18(26)23-5-3-19(4-6-23)10-17(25)24(12-19)11-14-7-15(20)9-16(21)8-14/h7-9,13,22H,3-6,10-12H2,1-2H3. The van der Waals surface area contributed by atoms with Crippen molar-refractivity contribution in [1.82, 2.24) is 15.1 Å². The molecule has 2 fully saturated rings. The molecule has 0 saturated carbocycles. The quantitative estimate of drug-likeness (QED) is 0.887. The summed E-state index contributed by atoms with van der Waals surface area (Å²) >= 11 is 0. The van der Waals surface area contributed by atoms with E-state index in [2.05, 4.69) is 5.32 Å². The number of nitrogens with one attached hydrogen (secondary N) is 1. The lowest BCUT2D eigenvalue weighted by Gasteiger charge is -2.39. The Morgan fingerprint density at radius 1 is 1.23 bits per heavy atom. The first-order valence-electron chi connectivity index (χ1n) is 9.01. The molecule has 1 aromatic carbocycles. The highest BCUT2D eigenvalue weighted by Crippen LogP contribution is 2.41. The van der Waals surface area contributed by atoms with Gasteiger partial charge in [-0.05, 0) is 44.5 Å². The molecule has 5 nitrogen and oxygen atoms in total. The van der Waals surface area contributed by atoms with E-state index >= 15 is 0 Å². The number of carbonyl (C=O) groups excluding carboxylic acids is 2. The normalized spacial score (nSPS) is 20.7. The molecule has 0 aromatic heterocycles. The van der Waals surface area contributed by atoms with E-state index in [0.717, 1.165) is 18.9 Å². The van der Waals surface area contributed by atoms with Gasteiger partial charge in [0.15, 0.2) is 0 Å². The average molecular weight is 365 g/mol. The van der Waals surface area contributed by atoms with E-state index in [1.54, 1.807) is 11.9 Å². The molecule has 0 aliphatic carbocycles. The van der Waals surface area contributed by atoms with Gasteiger partial charge in [-0.25, -0.2) is 8.78 Å². The fourth-order valence-corrected chi connectivity index (χ4v) is 3.98. The van der Waals surface area contributed by atoms with Crippen LogP contribution in [0.25, 0.3) is 0 Å². The Morgan fingerprint density at radius 2 is 1.85 bits per heavy atom. The zero-order valence-electron chi connectivity index (χ0n) is 15.2. The summed E-state index contributed by atoms with van der Waals surface area (Å²) in [4.78, 5) is 28.3. The van der Waals surface area contributed by atoms with Gasteiger partial charge in [-0.3, -0.25) is 9.59 Å². The molecule has 2 saturated heterocycles. The first-order valence-corrected chi connectivity index (χ1v) is 9.01. The largest absolute Gasteiger partial charge is 0.341 e. The van der Waals surface area contributed by atoms with Crippen LogP contribution in [-0.4, -0.2) is 54.3 Å². The van der Waals surface area contributed by atoms with Crippen molar-refractivity contribution in [3.8, 4) is 0 Å². The summed E-state index contributed by atoms with van der Waals surface area (Å²) in [6.07, 6.45) is 1.98. The Kier molecular flexibility index (Phi) is 5.27. The van der Waals surface area contributed by atoms with Crippen molar-refractivity contribution in [3.05, 3.63) is 35.4 Å². The average Bonchev–Trinajstić information content (AvgIpc) is 2.88. The first-order chi connectivity index (χ1) is 12.3. The van der Waals surface area contributed by atoms with Gasteiger partial charge in [0.05, 0.1) is 6.04 Å². The minimum atomic E-state index is -0.633. The summed E-state index contributed by atoms with van der Waals surface area (Å²) in [6.45, 7) is 3.91. The predicted octanol–water partition coefficient (Wildman–Crippen LogP) is 1.91. The van der Waals surface area contributed by atoms with Crippen molar-refractivity contribution < 1.29 is 18.4 Å². The second-order valence-electron chi connectivity index (χ2n) is 7.54. The molecule has 2 aliphatic rings. The lowest BCUT2D eigenvalue weighted by Crippen LogP contribution is -2.49. The highest BCUT2D eigenvalue weighted by molar-refractivity contribution is 5.82. The summed E-state index contributed by atoms with van der Waals surface area (Å²) in [6, 6.07) is 3.15. The van der Waals surface area contributed by atoms with Crippen LogP contribution < -0.4 is 5.32 Å². The van der Waals surface area contributed by atoms with E-state index in [9.17, 15) is 18.4 Å². The van der Waals surface area contributed by atoms with Gasteiger partial charge in [0.1, 0.15) is 11.6 Å². The van der Waals surface area contributed by atoms with E-state index < -0.39 is 11.6 Å². The highest BCUT2D eigenvalue weighted by atomic mass is 19.1. The summed E-state index contributed by atoms with van der Waals surface area (Å²) in [5.74, 6) is -1.17. The minimum absolute atomic E-state index is 0.0121. The van der Waals surface area contributed by atoms with Crippen LogP contribution in [0.2, 0.25) is 0 Å². The van der Waals surface area contributed by atoms with E-state index in [4.69, 9.17) is 0 Å². The maximum atomic E-state index is 13.4. The van der Waals surface area contributed by atoms with Crippen LogP contribution in [0.5, 0.6) is 0 Å². The summed E-state index contributed by atoms with van der Waals surface area (Å²) in [7, 11) is 1.76. The number of hydrogen-bond acceptors (Lipinski definition) is 3. The Bertz CT molecular complexity index is 682. The number of likely N-dealkylation sites (tertiary alicyclic amines) is 2. The van der Waals surface area contributed by atoms with Crippen LogP contribution in [-0.2, 0) is 16.1 Å². The lowest BCUT2D eigenvalue weighted by atomic mass is 9.77. The number of likely N-dealkylation sites (N-methyl/N-ethyl adjacent to an activating group) is 1.